The monoisotopic (exact) mass is 551 g/mol. The van der Waals surface area contributed by atoms with E-state index in [0.29, 0.717) is 24.5 Å². The number of rotatable bonds is 8. The molecule has 3 N–H and O–H groups in total. The maximum atomic E-state index is 13.3. The summed E-state index contributed by atoms with van der Waals surface area (Å²) >= 11 is 0. The van der Waals surface area contributed by atoms with E-state index in [2.05, 4.69) is 30.9 Å². The lowest BCUT2D eigenvalue weighted by Crippen LogP contribution is -2.22. The van der Waals surface area contributed by atoms with Gasteiger partial charge in [0.25, 0.3) is 5.91 Å². The number of nitrogens with zero attached hydrogens (tertiary/aromatic N) is 7. The third kappa shape index (κ3) is 4.94. The predicted octanol–water partition coefficient (Wildman–Crippen LogP) is 2.48. The molecule has 6 rings (SSSR count). The van der Waals surface area contributed by atoms with Gasteiger partial charge in [0.1, 0.15) is 22.8 Å². The quantitative estimate of drug-likeness (QED) is 0.265. The summed E-state index contributed by atoms with van der Waals surface area (Å²) in [5.74, 6) is -0.00790. The zero-order chi connectivity index (χ0) is 27.8. The van der Waals surface area contributed by atoms with Crippen LogP contribution in [0.15, 0.2) is 61.4 Å². The number of halogens is 2. The molecule has 1 amide bonds. The average molecular weight is 552 g/mol. The fourth-order valence-corrected chi connectivity index (χ4v) is 4.52. The highest BCUT2D eigenvalue weighted by molar-refractivity contribution is 6.09. The minimum absolute atomic E-state index is 0.162. The number of aliphatic hydroxyl groups excluding tert-OH is 1. The number of fused-ring (bicyclic) bond motifs is 1. The van der Waals surface area contributed by atoms with Crippen molar-refractivity contribution >= 4 is 17.2 Å². The number of nitrogens with one attached hydrogen (secondary N) is 2. The number of aryl methyl sites for hydroxylation is 1. The van der Waals surface area contributed by atoms with Crippen molar-refractivity contribution in [3.05, 3.63) is 67.0 Å². The van der Waals surface area contributed by atoms with Crippen LogP contribution in [0.2, 0.25) is 0 Å². The first kappa shape index (κ1) is 25.4. The molecule has 2 atom stereocenters. The normalized spacial score (nSPS) is 17.0. The van der Waals surface area contributed by atoms with E-state index in [9.17, 15) is 18.7 Å². The number of hydrogen-bond acceptors (Lipinski definition) is 9. The third-order valence-electron chi connectivity index (χ3n) is 6.33. The molecule has 0 aliphatic carbocycles. The maximum Gasteiger partial charge on any atom is 0.387 e. The van der Waals surface area contributed by atoms with Gasteiger partial charge in [-0.1, -0.05) is 0 Å². The summed E-state index contributed by atoms with van der Waals surface area (Å²) < 4.78 is 41.8. The number of benzene rings is 1. The first-order valence-electron chi connectivity index (χ1n) is 12.2. The molecule has 5 aromatic rings. The molecule has 2 unspecified atom stereocenters. The van der Waals surface area contributed by atoms with Gasteiger partial charge in [0.15, 0.2) is 11.4 Å². The number of carbonyl (C=O) groups excluding carboxylic acids is 1. The van der Waals surface area contributed by atoms with Gasteiger partial charge < -0.3 is 25.2 Å². The summed E-state index contributed by atoms with van der Waals surface area (Å²) in [4.78, 5) is 17.3. The first-order chi connectivity index (χ1) is 19.4. The Hall–Kier alpha value is -4.89. The molecule has 206 valence electrons. The van der Waals surface area contributed by atoms with Crippen LogP contribution in [-0.4, -0.2) is 71.0 Å². The minimum atomic E-state index is -3.10. The van der Waals surface area contributed by atoms with Crippen molar-refractivity contribution in [2.24, 2.45) is 7.05 Å². The summed E-state index contributed by atoms with van der Waals surface area (Å²) in [7, 11) is 1.63. The topological polar surface area (TPSA) is 146 Å². The van der Waals surface area contributed by atoms with E-state index >= 15 is 0 Å². The van der Waals surface area contributed by atoms with Gasteiger partial charge in [-0.3, -0.25) is 14.2 Å². The molecule has 1 fully saturated rings. The molecule has 1 saturated heterocycles. The highest BCUT2D eigenvalue weighted by atomic mass is 19.3. The van der Waals surface area contributed by atoms with Gasteiger partial charge in [0.2, 0.25) is 0 Å². The van der Waals surface area contributed by atoms with Crippen LogP contribution in [0.25, 0.3) is 16.9 Å². The standard InChI is InChI=1S/C25H23F2N9O4/c1-34-13-18(32-24(38)17-9-31-35-6-2-5-29-23(17)35)22(33-34)16-7-14(3-4-21(16)40-25(26)27)39-15-8-30-36(12-15)19-10-28-11-20(19)37/h2-9,12-13,19-20,25,28,37H,10-11H2,1H3,(H,32,38). The molecule has 13 nitrogen and oxygen atoms in total. The van der Waals surface area contributed by atoms with Gasteiger partial charge in [-0.2, -0.15) is 24.1 Å². The summed E-state index contributed by atoms with van der Waals surface area (Å²) in [6.07, 6.45) is 8.67. The largest absolute Gasteiger partial charge is 0.454 e. The number of hydrogen-bond donors (Lipinski definition) is 3. The Morgan fingerprint density at radius 3 is 2.88 bits per heavy atom. The van der Waals surface area contributed by atoms with Crippen molar-refractivity contribution in [2.75, 3.05) is 18.4 Å². The lowest BCUT2D eigenvalue weighted by atomic mass is 10.1. The first-order valence-corrected chi connectivity index (χ1v) is 12.2. The molecule has 40 heavy (non-hydrogen) atoms. The second kappa shape index (κ2) is 10.3. The van der Waals surface area contributed by atoms with Crippen molar-refractivity contribution in [3.8, 4) is 28.5 Å². The van der Waals surface area contributed by atoms with Crippen LogP contribution >= 0.6 is 0 Å². The van der Waals surface area contributed by atoms with Gasteiger partial charge in [-0.25, -0.2) is 9.50 Å². The summed E-state index contributed by atoms with van der Waals surface area (Å²) in [5, 5.41) is 28.8. The molecule has 1 aliphatic rings. The van der Waals surface area contributed by atoms with Gasteiger partial charge in [-0.15, -0.1) is 0 Å². The van der Waals surface area contributed by atoms with Crippen molar-refractivity contribution in [2.45, 2.75) is 18.8 Å². The highest BCUT2D eigenvalue weighted by Gasteiger charge is 2.27. The van der Waals surface area contributed by atoms with Crippen molar-refractivity contribution in [3.63, 3.8) is 0 Å². The van der Waals surface area contributed by atoms with Crippen LogP contribution < -0.4 is 20.1 Å². The molecule has 5 heterocycles. The smallest absolute Gasteiger partial charge is 0.387 e. The van der Waals surface area contributed by atoms with E-state index in [1.54, 1.807) is 36.4 Å². The Labute approximate surface area is 225 Å². The van der Waals surface area contributed by atoms with Gasteiger partial charge in [0.05, 0.1) is 42.0 Å². The van der Waals surface area contributed by atoms with Crippen molar-refractivity contribution in [1.29, 1.82) is 0 Å². The predicted molar refractivity (Wildman–Crippen MR) is 136 cm³/mol. The van der Waals surface area contributed by atoms with Crippen LogP contribution in [0.3, 0.4) is 0 Å². The van der Waals surface area contributed by atoms with Crippen molar-refractivity contribution in [1.82, 2.24) is 39.5 Å². The van der Waals surface area contributed by atoms with E-state index in [4.69, 9.17) is 9.47 Å². The summed E-state index contributed by atoms with van der Waals surface area (Å²) in [6.45, 7) is -2.07. The lowest BCUT2D eigenvalue weighted by Gasteiger charge is -2.14. The molecular weight excluding hydrogens is 528 g/mol. The number of ether oxygens (including phenoxy) is 2. The van der Waals surface area contributed by atoms with Gasteiger partial charge >= 0.3 is 6.61 Å². The second-order valence-electron chi connectivity index (χ2n) is 9.05. The fraction of sp³-hybridized carbons (Fsp3) is 0.240. The molecule has 1 aromatic carbocycles. The number of carbonyl (C=O) groups is 1. The highest BCUT2D eigenvalue weighted by Crippen LogP contribution is 2.39. The molecule has 4 aromatic heterocycles. The number of aromatic nitrogens is 7. The Kier molecular flexibility index (Phi) is 6.57. The van der Waals surface area contributed by atoms with Gasteiger partial charge in [0, 0.05) is 38.7 Å². The average Bonchev–Trinajstić information content (AvgIpc) is 3.71. The number of anilines is 1. The van der Waals surface area contributed by atoms with E-state index in [0.717, 1.165) is 0 Å². The number of alkyl halides is 2. The SMILES string of the molecule is Cn1cc(NC(=O)c2cnn3cccnc23)c(-c2cc(Oc3cnn(C4CNCC4O)c3)ccc2OC(F)F)n1. The molecule has 15 heteroatoms. The van der Waals surface area contributed by atoms with E-state index in [1.165, 1.54) is 46.0 Å². The molecule has 0 spiro atoms. The summed E-state index contributed by atoms with van der Waals surface area (Å²) in [5.41, 5.74) is 1.15. The zero-order valence-electron chi connectivity index (χ0n) is 21.0. The maximum absolute atomic E-state index is 13.3. The summed E-state index contributed by atoms with van der Waals surface area (Å²) in [6, 6.07) is 5.73. The third-order valence-corrected chi connectivity index (χ3v) is 6.33. The molecule has 0 radical (unpaired) electrons. The van der Waals surface area contributed by atoms with E-state index < -0.39 is 18.6 Å². The van der Waals surface area contributed by atoms with Crippen LogP contribution in [-0.2, 0) is 7.05 Å². The van der Waals surface area contributed by atoms with E-state index in [-0.39, 0.29) is 40.0 Å². The van der Waals surface area contributed by atoms with Crippen LogP contribution in [0, 0.1) is 0 Å². The van der Waals surface area contributed by atoms with Crippen LogP contribution in [0.4, 0.5) is 14.5 Å². The number of amides is 1. The van der Waals surface area contributed by atoms with E-state index in [1.807, 2.05) is 0 Å². The van der Waals surface area contributed by atoms with Crippen LogP contribution in [0.5, 0.6) is 17.2 Å². The molecule has 1 aliphatic heterocycles. The molecule has 0 bridgehead atoms. The lowest BCUT2D eigenvalue weighted by molar-refractivity contribution is -0.0494. The van der Waals surface area contributed by atoms with Gasteiger partial charge in [-0.05, 0) is 24.3 Å². The molecular formula is C25H23F2N9O4. The Morgan fingerprint density at radius 2 is 2.08 bits per heavy atom. The Bertz CT molecular complexity index is 1680. The second-order valence-corrected chi connectivity index (χ2v) is 9.05. The van der Waals surface area contributed by atoms with Crippen LogP contribution in [0.1, 0.15) is 16.4 Å². The minimum Gasteiger partial charge on any atom is -0.454 e. The fourth-order valence-electron chi connectivity index (χ4n) is 4.52. The number of aliphatic hydroxyl groups is 1. The number of β-amino-alcohol motifs (C(OH)–C–C–N with tert-alkyl or cyclic N) is 1. The Morgan fingerprint density at radius 1 is 1.20 bits per heavy atom. The van der Waals surface area contributed by atoms with Crippen molar-refractivity contribution < 1.29 is 28.2 Å². The zero-order valence-corrected chi connectivity index (χ0v) is 21.0. The molecule has 0 saturated carbocycles. The Balaban J connectivity index is 1.31.